The fourth-order valence-corrected chi connectivity index (χ4v) is 3.21. The van der Waals surface area contributed by atoms with Gasteiger partial charge in [0, 0.05) is 24.6 Å². The number of rotatable bonds is 5. The van der Waals surface area contributed by atoms with E-state index in [2.05, 4.69) is 21.8 Å². The van der Waals surface area contributed by atoms with Gasteiger partial charge in [-0.15, -0.1) is 16.8 Å². The van der Waals surface area contributed by atoms with Gasteiger partial charge >= 0.3 is 0 Å². The van der Waals surface area contributed by atoms with Crippen LogP contribution in [0.25, 0.3) is 5.65 Å². The van der Waals surface area contributed by atoms with E-state index < -0.39 is 0 Å². The number of nitrogens with zero attached hydrogens (tertiary/aromatic N) is 5. The Morgan fingerprint density at radius 1 is 1.35 bits per heavy atom. The van der Waals surface area contributed by atoms with Crippen LogP contribution in [0.4, 0.5) is 0 Å². The molecule has 0 spiro atoms. The molecule has 0 aromatic carbocycles. The molecule has 23 heavy (non-hydrogen) atoms. The average Bonchev–Trinajstić information content (AvgIpc) is 2.87. The molecule has 0 saturated carbocycles. The van der Waals surface area contributed by atoms with Crippen LogP contribution in [0.15, 0.2) is 47.0 Å². The number of hydrogen-bond acceptors (Lipinski definition) is 5. The van der Waals surface area contributed by atoms with Gasteiger partial charge in [-0.3, -0.25) is 9.20 Å². The number of fused-ring (bicyclic) bond motifs is 1. The van der Waals surface area contributed by atoms with Crippen molar-refractivity contribution in [1.29, 1.82) is 0 Å². The highest BCUT2D eigenvalue weighted by Gasteiger charge is 2.10. The van der Waals surface area contributed by atoms with Crippen LogP contribution in [0, 0.1) is 13.8 Å². The summed E-state index contributed by atoms with van der Waals surface area (Å²) in [7, 11) is 0. The summed E-state index contributed by atoms with van der Waals surface area (Å²) in [5.74, 6) is 1.41. The first-order valence-electron chi connectivity index (χ1n) is 7.21. The Morgan fingerprint density at radius 3 is 2.96 bits per heavy atom. The van der Waals surface area contributed by atoms with E-state index in [0.717, 1.165) is 22.2 Å². The summed E-state index contributed by atoms with van der Waals surface area (Å²) in [5, 5.41) is 9.06. The molecule has 3 aromatic rings. The molecule has 0 amide bonds. The Kier molecular flexibility index (Phi) is 4.29. The van der Waals surface area contributed by atoms with Crippen molar-refractivity contribution in [2.45, 2.75) is 31.3 Å². The summed E-state index contributed by atoms with van der Waals surface area (Å²) in [6.45, 7) is 8.26. The number of hydrogen-bond donors (Lipinski definition) is 0. The third-order valence-electron chi connectivity index (χ3n) is 3.50. The fraction of sp³-hybridized carbons (Fsp3) is 0.250. The van der Waals surface area contributed by atoms with E-state index in [1.54, 1.807) is 16.7 Å². The lowest BCUT2D eigenvalue weighted by Gasteiger charge is -2.07. The van der Waals surface area contributed by atoms with Crippen LogP contribution in [-0.2, 0) is 12.3 Å². The number of pyridine rings is 1. The zero-order chi connectivity index (χ0) is 16.4. The molecular weight excluding hydrogens is 310 g/mol. The predicted octanol–water partition coefficient (Wildman–Crippen LogP) is 2.38. The van der Waals surface area contributed by atoms with E-state index in [-0.39, 0.29) is 5.56 Å². The van der Waals surface area contributed by atoms with E-state index in [0.29, 0.717) is 17.9 Å². The van der Waals surface area contributed by atoms with Crippen molar-refractivity contribution in [3.63, 3.8) is 0 Å². The molecule has 0 aliphatic rings. The van der Waals surface area contributed by atoms with Crippen LogP contribution in [-0.4, -0.2) is 24.1 Å². The Balaban J connectivity index is 1.89. The Hall–Kier alpha value is -2.41. The Labute approximate surface area is 137 Å². The average molecular weight is 327 g/mol. The first-order valence-corrected chi connectivity index (χ1v) is 8.20. The zero-order valence-corrected chi connectivity index (χ0v) is 13.9. The van der Waals surface area contributed by atoms with Gasteiger partial charge in [0.1, 0.15) is 11.5 Å². The van der Waals surface area contributed by atoms with Gasteiger partial charge in [-0.25, -0.2) is 4.98 Å². The smallest absolute Gasteiger partial charge is 0.258 e. The summed E-state index contributed by atoms with van der Waals surface area (Å²) in [5.41, 5.74) is 2.33. The minimum atomic E-state index is -0.0713. The molecule has 0 N–H and O–H groups in total. The molecule has 0 radical (unpaired) electrons. The molecular formula is C16H17N5OS. The van der Waals surface area contributed by atoms with Gasteiger partial charge in [0.2, 0.25) is 0 Å². The molecule has 0 unspecified atom stereocenters. The van der Waals surface area contributed by atoms with Crippen LogP contribution in [0.2, 0.25) is 0 Å². The third-order valence-corrected chi connectivity index (χ3v) is 4.50. The van der Waals surface area contributed by atoms with Crippen LogP contribution < -0.4 is 5.56 Å². The van der Waals surface area contributed by atoms with E-state index in [9.17, 15) is 4.79 Å². The number of allylic oxidation sites excluding steroid dienone is 1. The molecule has 0 atom stereocenters. The fourth-order valence-electron chi connectivity index (χ4n) is 2.33. The maximum atomic E-state index is 12.2. The SMILES string of the molecule is C=CCn1c(C)nnc1SCc1cc(=O)n2cccc(C)c2n1. The van der Waals surface area contributed by atoms with Crippen LogP contribution in [0.3, 0.4) is 0 Å². The van der Waals surface area contributed by atoms with Gasteiger partial charge in [-0.2, -0.15) is 0 Å². The van der Waals surface area contributed by atoms with Crippen LogP contribution in [0.1, 0.15) is 17.1 Å². The second-order valence-electron chi connectivity index (χ2n) is 5.19. The largest absolute Gasteiger partial charge is 0.302 e. The van der Waals surface area contributed by atoms with Crippen LogP contribution >= 0.6 is 11.8 Å². The monoisotopic (exact) mass is 327 g/mol. The van der Waals surface area contributed by atoms with E-state index in [1.165, 1.54) is 11.8 Å². The lowest BCUT2D eigenvalue weighted by molar-refractivity contribution is 0.703. The first kappa shape index (κ1) is 15.5. The summed E-state index contributed by atoms with van der Waals surface area (Å²) in [6, 6.07) is 5.36. The summed E-state index contributed by atoms with van der Waals surface area (Å²) < 4.78 is 3.55. The van der Waals surface area contributed by atoms with Crippen molar-refractivity contribution in [3.8, 4) is 0 Å². The second kappa shape index (κ2) is 6.37. The van der Waals surface area contributed by atoms with Gasteiger partial charge in [-0.1, -0.05) is 23.9 Å². The molecule has 0 fully saturated rings. The highest BCUT2D eigenvalue weighted by Crippen LogP contribution is 2.21. The zero-order valence-electron chi connectivity index (χ0n) is 13.1. The Bertz CT molecular complexity index is 928. The molecule has 0 aliphatic heterocycles. The first-order chi connectivity index (χ1) is 11.1. The van der Waals surface area contributed by atoms with Crippen molar-refractivity contribution in [1.82, 2.24) is 24.1 Å². The molecule has 0 aliphatic carbocycles. The number of thioether (sulfide) groups is 1. The normalized spacial score (nSPS) is 11.0. The van der Waals surface area contributed by atoms with Gasteiger partial charge in [0.05, 0.1) is 5.69 Å². The summed E-state index contributed by atoms with van der Waals surface area (Å²) >= 11 is 1.51. The second-order valence-corrected chi connectivity index (χ2v) is 6.13. The number of aryl methyl sites for hydroxylation is 2. The standard InChI is InChI=1S/C16H17N5OS/c1-4-7-20-12(3)18-19-16(20)23-10-13-9-14(22)21-8-5-6-11(2)15(21)17-13/h4-6,8-9H,1,7,10H2,2-3H3. The molecule has 0 saturated heterocycles. The third kappa shape index (κ3) is 3.05. The van der Waals surface area contributed by atoms with Gasteiger partial charge in [0.25, 0.3) is 5.56 Å². The van der Waals surface area contributed by atoms with Crippen molar-refractivity contribution in [2.75, 3.05) is 0 Å². The van der Waals surface area contributed by atoms with Crippen molar-refractivity contribution in [2.24, 2.45) is 0 Å². The summed E-state index contributed by atoms with van der Waals surface area (Å²) in [6.07, 6.45) is 3.54. The van der Waals surface area contributed by atoms with Gasteiger partial charge in [0.15, 0.2) is 5.16 Å². The minimum absolute atomic E-state index is 0.0713. The van der Waals surface area contributed by atoms with Crippen molar-refractivity contribution >= 4 is 17.4 Å². The highest BCUT2D eigenvalue weighted by atomic mass is 32.2. The van der Waals surface area contributed by atoms with Crippen molar-refractivity contribution in [3.05, 3.63) is 64.5 Å². The Morgan fingerprint density at radius 2 is 2.17 bits per heavy atom. The molecule has 0 bridgehead atoms. The maximum Gasteiger partial charge on any atom is 0.258 e. The van der Waals surface area contributed by atoms with E-state index >= 15 is 0 Å². The minimum Gasteiger partial charge on any atom is -0.302 e. The van der Waals surface area contributed by atoms with Gasteiger partial charge in [-0.05, 0) is 25.5 Å². The molecule has 3 heterocycles. The number of aromatic nitrogens is 5. The lowest BCUT2D eigenvalue weighted by Crippen LogP contribution is -2.15. The van der Waals surface area contributed by atoms with E-state index in [1.807, 2.05) is 36.6 Å². The highest BCUT2D eigenvalue weighted by molar-refractivity contribution is 7.98. The molecule has 3 aromatic heterocycles. The van der Waals surface area contributed by atoms with E-state index in [4.69, 9.17) is 0 Å². The quantitative estimate of drug-likeness (QED) is 0.532. The lowest BCUT2D eigenvalue weighted by atomic mass is 10.3. The summed E-state index contributed by atoms with van der Waals surface area (Å²) in [4.78, 5) is 16.8. The topological polar surface area (TPSA) is 65.1 Å². The molecule has 118 valence electrons. The van der Waals surface area contributed by atoms with Crippen LogP contribution in [0.5, 0.6) is 0 Å². The molecule has 6 nitrogen and oxygen atoms in total. The van der Waals surface area contributed by atoms with Crippen molar-refractivity contribution < 1.29 is 0 Å². The molecule has 3 rings (SSSR count). The maximum absolute atomic E-state index is 12.2. The molecule has 7 heteroatoms. The van der Waals surface area contributed by atoms with Gasteiger partial charge < -0.3 is 4.57 Å². The predicted molar refractivity (Wildman–Crippen MR) is 90.7 cm³/mol.